The summed E-state index contributed by atoms with van der Waals surface area (Å²) >= 11 is 0. The molecule has 10 heteroatoms. The summed E-state index contributed by atoms with van der Waals surface area (Å²) in [5.41, 5.74) is 1.93. The monoisotopic (exact) mass is 495 g/mol. The Morgan fingerprint density at radius 2 is 1.97 bits per heavy atom. The van der Waals surface area contributed by atoms with E-state index in [-0.39, 0.29) is 23.6 Å². The summed E-state index contributed by atoms with van der Waals surface area (Å²) in [5.74, 6) is 3.22. The smallest absolute Gasteiger partial charge is 0.226 e. The standard InChI is InChI=1S/C25H33N7O2S/c1-8-20-23(15(2)3)18-11-22(29-21-9-10-26-25(30-21)31(5)6)27-12-19(18)24(28-20)32-13-17(16(32)4)14-35(7,33)34/h8-12,15-17H,1,13-14H2,2-7H3,(H,26,27,29,30)/t16-,17-/m1/s1. The Hall–Kier alpha value is -3.27. The molecule has 0 saturated carbocycles. The summed E-state index contributed by atoms with van der Waals surface area (Å²) < 4.78 is 23.7. The van der Waals surface area contributed by atoms with Crippen LogP contribution in [0.4, 0.5) is 23.4 Å². The minimum absolute atomic E-state index is 0.0614. The second kappa shape index (κ2) is 9.41. The van der Waals surface area contributed by atoms with Crippen molar-refractivity contribution in [1.82, 2.24) is 19.9 Å². The predicted molar refractivity (Wildman–Crippen MR) is 143 cm³/mol. The number of nitrogens with one attached hydrogen (secondary N) is 1. The van der Waals surface area contributed by atoms with Crippen molar-refractivity contribution in [1.29, 1.82) is 0 Å². The Bertz CT molecular complexity index is 1370. The third-order valence-corrected chi connectivity index (χ3v) is 7.43. The van der Waals surface area contributed by atoms with Crippen LogP contribution in [0, 0.1) is 5.92 Å². The van der Waals surface area contributed by atoms with Gasteiger partial charge in [-0.05, 0) is 42.0 Å². The molecule has 2 atom stereocenters. The number of hydrogen-bond acceptors (Lipinski definition) is 9. The minimum atomic E-state index is -3.04. The van der Waals surface area contributed by atoms with Crippen LogP contribution in [0.3, 0.4) is 0 Å². The number of fused-ring (bicyclic) bond motifs is 1. The molecule has 1 aliphatic heterocycles. The van der Waals surface area contributed by atoms with Gasteiger partial charge in [-0.25, -0.2) is 23.4 Å². The van der Waals surface area contributed by atoms with Gasteiger partial charge in [0.1, 0.15) is 27.3 Å². The zero-order chi connectivity index (χ0) is 25.5. The molecule has 0 bridgehead atoms. The van der Waals surface area contributed by atoms with E-state index < -0.39 is 9.84 Å². The van der Waals surface area contributed by atoms with Gasteiger partial charge in [0.25, 0.3) is 0 Å². The molecular weight excluding hydrogens is 462 g/mol. The molecular formula is C25H33N7O2S. The van der Waals surface area contributed by atoms with Crippen LogP contribution < -0.4 is 15.1 Å². The van der Waals surface area contributed by atoms with Gasteiger partial charge in [0.05, 0.1) is 11.4 Å². The normalized spacial score (nSPS) is 18.0. The molecule has 0 aliphatic carbocycles. The van der Waals surface area contributed by atoms with Crippen molar-refractivity contribution < 1.29 is 8.42 Å². The van der Waals surface area contributed by atoms with E-state index in [2.05, 4.69) is 52.5 Å². The topological polar surface area (TPSA) is 104 Å². The lowest BCUT2D eigenvalue weighted by atomic mass is 9.90. The largest absolute Gasteiger partial charge is 0.353 e. The van der Waals surface area contributed by atoms with Crippen molar-refractivity contribution in [2.45, 2.75) is 32.7 Å². The first-order valence-corrected chi connectivity index (χ1v) is 13.7. The van der Waals surface area contributed by atoms with Gasteiger partial charge in [-0.2, -0.15) is 4.98 Å². The molecule has 3 aromatic rings. The first-order chi connectivity index (χ1) is 16.5. The van der Waals surface area contributed by atoms with Gasteiger partial charge in [-0.1, -0.05) is 20.4 Å². The molecule has 186 valence electrons. The molecule has 4 rings (SSSR count). The molecule has 1 N–H and O–H groups in total. The molecule has 0 spiro atoms. The lowest BCUT2D eigenvalue weighted by Gasteiger charge is -2.47. The molecule has 0 amide bonds. The highest BCUT2D eigenvalue weighted by Crippen LogP contribution is 2.39. The minimum Gasteiger partial charge on any atom is -0.353 e. The third-order valence-electron chi connectivity index (χ3n) is 6.40. The van der Waals surface area contributed by atoms with Crippen LogP contribution in [0.2, 0.25) is 0 Å². The average Bonchev–Trinajstić information content (AvgIpc) is 2.79. The average molecular weight is 496 g/mol. The second-order valence-corrected chi connectivity index (χ2v) is 11.9. The molecule has 4 heterocycles. The number of anilines is 4. The Morgan fingerprint density at radius 3 is 2.57 bits per heavy atom. The molecule has 3 aromatic heterocycles. The maximum Gasteiger partial charge on any atom is 0.226 e. The third kappa shape index (κ3) is 5.07. The summed E-state index contributed by atoms with van der Waals surface area (Å²) in [4.78, 5) is 22.4. The van der Waals surface area contributed by atoms with E-state index in [0.29, 0.717) is 24.1 Å². The van der Waals surface area contributed by atoms with E-state index in [1.165, 1.54) is 6.26 Å². The van der Waals surface area contributed by atoms with Crippen LogP contribution in [0.15, 0.2) is 31.1 Å². The van der Waals surface area contributed by atoms with E-state index >= 15 is 0 Å². The van der Waals surface area contributed by atoms with Gasteiger partial charge in [0.2, 0.25) is 5.95 Å². The number of sulfone groups is 1. The van der Waals surface area contributed by atoms with Crippen molar-refractivity contribution in [2.75, 3.05) is 47.8 Å². The van der Waals surface area contributed by atoms with Gasteiger partial charge in [-0.3, -0.25) is 0 Å². The van der Waals surface area contributed by atoms with Crippen LogP contribution >= 0.6 is 0 Å². The van der Waals surface area contributed by atoms with Crippen LogP contribution in [0.5, 0.6) is 0 Å². The number of aromatic nitrogens is 4. The molecule has 0 unspecified atom stereocenters. The van der Waals surface area contributed by atoms with E-state index in [9.17, 15) is 8.42 Å². The van der Waals surface area contributed by atoms with E-state index in [1.54, 1.807) is 18.3 Å². The van der Waals surface area contributed by atoms with Crippen molar-refractivity contribution in [3.8, 4) is 0 Å². The van der Waals surface area contributed by atoms with Crippen molar-refractivity contribution in [2.24, 2.45) is 5.92 Å². The van der Waals surface area contributed by atoms with Gasteiger partial charge < -0.3 is 15.1 Å². The fourth-order valence-corrected chi connectivity index (χ4v) is 5.75. The van der Waals surface area contributed by atoms with Crippen LogP contribution in [-0.4, -0.2) is 67.0 Å². The van der Waals surface area contributed by atoms with Gasteiger partial charge in [0.15, 0.2) is 0 Å². The number of pyridine rings is 2. The number of hydrogen-bond donors (Lipinski definition) is 1. The summed E-state index contributed by atoms with van der Waals surface area (Å²) in [6, 6.07) is 3.89. The Labute approximate surface area is 207 Å². The van der Waals surface area contributed by atoms with Gasteiger partial charge in [-0.15, -0.1) is 0 Å². The van der Waals surface area contributed by atoms with Crippen LogP contribution in [0.1, 0.15) is 37.9 Å². The van der Waals surface area contributed by atoms with E-state index in [0.717, 1.165) is 27.8 Å². The lowest BCUT2D eigenvalue weighted by molar-refractivity contribution is 0.339. The Balaban J connectivity index is 1.77. The zero-order valence-electron chi connectivity index (χ0n) is 21.1. The number of rotatable bonds is 8. The Morgan fingerprint density at radius 1 is 1.23 bits per heavy atom. The van der Waals surface area contributed by atoms with Crippen LogP contribution in [-0.2, 0) is 9.84 Å². The first-order valence-electron chi connectivity index (χ1n) is 11.7. The summed E-state index contributed by atoms with van der Waals surface area (Å²) in [6.45, 7) is 11.0. The fourth-order valence-electron chi connectivity index (χ4n) is 4.59. The molecule has 1 aliphatic rings. The van der Waals surface area contributed by atoms with Crippen molar-refractivity contribution in [3.63, 3.8) is 0 Å². The molecule has 35 heavy (non-hydrogen) atoms. The molecule has 9 nitrogen and oxygen atoms in total. The Kier molecular flexibility index (Phi) is 6.68. The maximum absolute atomic E-state index is 11.8. The summed E-state index contributed by atoms with van der Waals surface area (Å²) in [6.07, 6.45) is 6.63. The van der Waals surface area contributed by atoms with Crippen LogP contribution in [0.25, 0.3) is 16.8 Å². The molecule has 0 aromatic carbocycles. The first kappa shape index (κ1) is 24.8. The van der Waals surface area contributed by atoms with Gasteiger partial charge >= 0.3 is 0 Å². The zero-order valence-corrected chi connectivity index (χ0v) is 22.0. The highest BCUT2D eigenvalue weighted by Gasteiger charge is 2.39. The highest BCUT2D eigenvalue weighted by molar-refractivity contribution is 7.90. The van der Waals surface area contributed by atoms with E-state index in [1.807, 2.05) is 31.3 Å². The molecule has 1 fully saturated rings. The molecule has 1 saturated heterocycles. The predicted octanol–water partition coefficient (Wildman–Crippen LogP) is 3.87. The molecule has 0 radical (unpaired) electrons. The highest BCUT2D eigenvalue weighted by atomic mass is 32.2. The van der Waals surface area contributed by atoms with Gasteiger partial charge in [0, 0.05) is 56.6 Å². The van der Waals surface area contributed by atoms with Crippen molar-refractivity contribution >= 4 is 50.1 Å². The fraction of sp³-hybridized carbons (Fsp3) is 0.440. The second-order valence-electron chi connectivity index (χ2n) is 9.72. The SMILES string of the molecule is C=Cc1nc(N2C[C@H](CS(C)(=O)=O)[C@H]2C)c2cnc(Nc3ccnc(N(C)C)n3)cc2c1C(C)C. The quantitative estimate of drug-likeness (QED) is 0.499. The maximum atomic E-state index is 11.8. The van der Waals surface area contributed by atoms with E-state index in [4.69, 9.17) is 4.98 Å². The lowest BCUT2D eigenvalue weighted by Crippen LogP contribution is -2.57. The number of nitrogens with zero attached hydrogens (tertiary/aromatic N) is 6. The summed E-state index contributed by atoms with van der Waals surface area (Å²) in [5, 5.41) is 5.27. The summed E-state index contributed by atoms with van der Waals surface area (Å²) in [7, 11) is 0.750. The van der Waals surface area contributed by atoms with Crippen molar-refractivity contribution in [3.05, 3.63) is 42.4 Å².